The molecule has 1 aromatic carbocycles. The zero-order valence-electron chi connectivity index (χ0n) is 15.7. The fraction of sp³-hybridized carbons (Fsp3) is 0.350. The maximum Gasteiger partial charge on any atom is 0.419 e. The van der Waals surface area contributed by atoms with Crippen LogP contribution in [-0.2, 0) is 17.8 Å². The summed E-state index contributed by atoms with van der Waals surface area (Å²) in [6.07, 6.45) is 2.35. The summed E-state index contributed by atoms with van der Waals surface area (Å²) in [5.41, 5.74) is 1.43. The van der Waals surface area contributed by atoms with Gasteiger partial charge in [0.2, 0.25) is 0 Å². The fourth-order valence-electron chi connectivity index (χ4n) is 3.59. The second-order valence-corrected chi connectivity index (χ2v) is 8.87. The zero-order chi connectivity index (χ0) is 19.6. The Morgan fingerprint density at radius 3 is 2.93 bits per heavy atom. The largest absolute Gasteiger partial charge is 0.419 e. The lowest BCUT2D eigenvalue weighted by Crippen LogP contribution is -2.17. The Balaban J connectivity index is 1.36. The lowest BCUT2D eigenvalue weighted by Gasteiger charge is -2.14. The van der Waals surface area contributed by atoms with E-state index in [1.807, 2.05) is 35.7 Å². The van der Waals surface area contributed by atoms with Crippen LogP contribution in [0.25, 0.3) is 21.8 Å². The summed E-state index contributed by atoms with van der Waals surface area (Å²) in [5, 5.41) is 11.8. The number of aryl methyl sites for hydroxylation is 1. The summed E-state index contributed by atoms with van der Waals surface area (Å²) in [7, 11) is 0. The molecule has 1 fully saturated rings. The van der Waals surface area contributed by atoms with Crippen molar-refractivity contribution in [2.75, 3.05) is 12.4 Å². The van der Waals surface area contributed by atoms with Crippen LogP contribution in [0.1, 0.15) is 12.8 Å². The molecule has 0 bridgehead atoms. The van der Waals surface area contributed by atoms with Crippen molar-refractivity contribution in [3.05, 3.63) is 52.3 Å². The smallest absolute Gasteiger partial charge is 0.408 e. The molecule has 5 rings (SSSR count). The van der Waals surface area contributed by atoms with Gasteiger partial charge in [-0.1, -0.05) is 30.0 Å². The van der Waals surface area contributed by atoms with E-state index in [1.54, 1.807) is 27.7 Å². The van der Waals surface area contributed by atoms with Crippen molar-refractivity contribution in [3.8, 4) is 10.7 Å². The number of thiophene rings is 1. The molecule has 4 heterocycles. The Morgan fingerprint density at radius 1 is 1.17 bits per heavy atom. The molecule has 150 valence electrons. The number of rotatable bonds is 7. The van der Waals surface area contributed by atoms with Gasteiger partial charge in [0.05, 0.1) is 23.0 Å². The van der Waals surface area contributed by atoms with Crippen LogP contribution in [0.5, 0.6) is 0 Å². The van der Waals surface area contributed by atoms with Crippen molar-refractivity contribution in [1.29, 1.82) is 0 Å². The van der Waals surface area contributed by atoms with E-state index in [4.69, 9.17) is 9.15 Å². The second kappa shape index (κ2) is 8.17. The highest BCUT2D eigenvalue weighted by atomic mass is 32.2. The third-order valence-electron chi connectivity index (χ3n) is 4.99. The molecule has 0 N–H and O–H groups in total. The standard InChI is InChI=1S/C20H20N4O3S2/c25-20-23(15-6-1-2-7-16(15)27-20)9-12-29-19-22-21-18(17-8-4-11-28-17)24(19)13-14-5-3-10-26-14/h1-2,4,6-8,11,14H,3,5,9-10,12-13H2. The first-order valence-corrected chi connectivity index (χ1v) is 11.5. The van der Waals surface area contributed by atoms with Crippen LogP contribution in [0.2, 0.25) is 0 Å². The molecular weight excluding hydrogens is 408 g/mol. The van der Waals surface area contributed by atoms with E-state index in [0.717, 1.165) is 47.4 Å². The van der Waals surface area contributed by atoms with Gasteiger partial charge >= 0.3 is 5.76 Å². The van der Waals surface area contributed by atoms with Crippen LogP contribution in [0, 0.1) is 0 Å². The van der Waals surface area contributed by atoms with E-state index in [0.29, 0.717) is 17.9 Å². The van der Waals surface area contributed by atoms with Crippen LogP contribution in [0.4, 0.5) is 0 Å². The van der Waals surface area contributed by atoms with E-state index in [9.17, 15) is 4.79 Å². The number of fused-ring (bicyclic) bond motifs is 1. The molecule has 0 radical (unpaired) electrons. The highest BCUT2D eigenvalue weighted by Crippen LogP contribution is 2.29. The van der Waals surface area contributed by atoms with E-state index in [2.05, 4.69) is 20.8 Å². The normalized spacial score (nSPS) is 16.8. The van der Waals surface area contributed by atoms with Gasteiger partial charge in [-0.2, -0.15) is 0 Å². The van der Waals surface area contributed by atoms with Crippen LogP contribution in [0.3, 0.4) is 0 Å². The van der Waals surface area contributed by atoms with Gasteiger partial charge in [-0.05, 0) is 36.4 Å². The molecule has 7 nitrogen and oxygen atoms in total. The van der Waals surface area contributed by atoms with Gasteiger partial charge < -0.3 is 9.15 Å². The molecule has 0 aliphatic carbocycles. The summed E-state index contributed by atoms with van der Waals surface area (Å²) in [5.74, 6) is 1.24. The van der Waals surface area contributed by atoms with Gasteiger partial charge in [0.25, 0.3) is 0 Å². The number of benzene rings is 1. The molecule has 4 aromatic rings. The van der Waals surface area contributed by atoms with Crippen molar-refractivity contribution >= 4 is 34.2 Å². The van der Waals surface area contributed by atoms with Gasteiger partial charge in [0, 0.05) is 18.9 Å². The minimum Gasteiger partial charge on any atom is -0.408 e. The molecule has 0 saturated carbocycles. The summed E-state index contributed by atoms with van der Waals surface area (Å²) in [6.45, 7) is 2.11. The van der Waals surface area contributed by atoms with Crippen molar-refractivity contribution in [2.24, 2.45) is 0 Å². The highest BCUT2D eigenvalue weighted by molar-refractivity contribution is 7.99. The third kappa shape index (κ3) is 3.77. The van der Waals surface area contributed by atoms with Crippen LogP contribution in [-0.4, -0.2) is 37.8 Å². The first-order chi connectivity index (χ1) is 14.3. The first-order valence-electron chi connectivity index (χ1n) is 9.59. The molecule has 1 unspecified atom stereocenters. The van der Waals surface area contributed by atoms with Crippen molar-refractivity contribution in [2.45, 2.75) is 37.2 Å². The number of oxazole rings is 1. The molecule has 1 atom stereocenters. The Morgan fingerprint density at radius 2 is 2.10 bits per heavy atom. The topological polar surface area (TPSA) is 75.1 Å². The Labute approximate surface area is 175 Å². The van der Waals surface area contributed by atoms with Gasteiger partial charge in [-0.25, -0.2) is 4.79 Å². The van der Waals surface area contributed by atoms with Crippen LogP contribution >= 0.6 is 23.1 Å². The molecule has 1 saturated heterocycles. The molecule has 0 spiro atoms. The number of hydrogen-bond acceptors (Lipinski definition) is 7. The van der Waals surface area contributed by atoms with Crippen molar-refractivity contribution in [3.63, 3.8) is 0 Å². The average molecular weight is 429 g/mol. The summed E-state index contributed by atoms with van der Waals surface area (Å²) in [6, 6.07) is 11.6. The minimum absolute atomic E-state index is 0.199. The van der Waals surface area contributed by atoms with Gasteiger partial charge in [-0.3, -0.25) is 9.13 Å². The monoisotopic (exact) mass is 428 g/mol. The molecule has 29 heavy (non-hydrogen) atoms. The maximum atomic E-state index is 12.2. The molecule has 0 amide bonds. The molecule has 9 heteroatoms. The molecule has 3 aromatic heterocycles. The van der Waals surface area contributed by atoms with Crippen molar-refractivity contribution < 1.29 is 9.15 Å². The zero-order valence-corrected chi connectivity index (χ0v) is 17.3. The SMILES string of the molecule is O=c1oc2ccccc2n1CCSc1nnc(-c2cccs2)n1CC1CCCO1. The lowest BCUT2D eigenvalue weighted by molar-refractivity contribution is 0.0953. The number of ether oxygens (including phenoxy) is 1. The lowest BCUT2D eigenvalue weighted by atomic mass is 10.2. The Kier molecular flexibility index (Phi) is 5.26. The van der Waals surface area contributed by atoms with Gasteiger partial charge in [0.1, 0.15) is 0 Å². The van der Waals surface area contributed by atoms with Crippen LogP contribution in [0.15, 0.2) is 56.1 Å². The quantitative estimate of drug-likeness (QED) is 0.416. The predicted octanol–water partition coefficient (Wildman–Crippen LogP) is 3.89. The van der Waals surface area contributed by atoms with E-state index < -0.39 is 0 Å². The summed E-state index contributed by atoms with van der Waals surface area (Å²) < 4.78 is 15.0. The summed E-state index contributed by atoms with van der Waals surface area (Å²) >= 11 is 3.26. The molecule has 1 aliphatic heterocycles. The Bertz CT molecular complexity index is 1160. The molecular formula is C20H20N4O3S2. The maximum absolute atomic E-state index is 12.2. The predicted molar refractivity (Wildman–Crippen MR) is 114 cm³/mol. The van der Waals surface area contributed by atoms with Gasteiger partial charge in [-0.15, -0.1) is 21.5 Å². The fourth-order valence-corrected chi connectivity index (χ4v) is 5.18. The number of thioether (sulfide) groups is 1. The van der Waals surface area contributed by atoms with E-state index in [-0.39, 0.29) is 11.9 Å². The minimum atomic E-state index is -0.327. The van der Waals surface area contributed by atoms with Crippen molar-refractivity contribution in [1.82, 2.24) is 19.3 Å². The number of para-hydroxylation sites is 2. The van der Waals surface area contributed by atoms with E-state index >= 15 is 0 Å². The number of nitrogens with zero attached hydrogens (tertiary/aromatic N) is 4. The second-order valence-electron chi connectivity index (χ2n) is 6.86. The Hall–Kier alpha value is -2.36. The highest BCUT2D eigenvalue weighted by Gasteiger charge is 2.22. The summed E-state index contributed by atoms with van der Waals surface area (Å²) in [4.78, 5) is 13.3. The van der Waals surface area contributed by atoms with Gasteiger partial charge in [0.15, 0.2) is 16.6 Å². The first kappa shape index (κ1) is 18.7. The number of hydrogen-bond donors (Lipinski definition) is 0. The average Bonchev–Trinajstić information content (AvgIpc) is 3.51. The molecule has 1 aliphatic rings. The third-order valence-corrected chi connectivity index (χ3v) is 6.80. The van der Waals surface area contributed by atoms with Crippen LogP contribution < -0.4 is 5.76 Å². The number of aromatic nitrogens is 4. The van der Waals surface area contributed by atoms with E-state index in [1.165, 1.54) is 0 Å².